The lowest BCUT2D eigenvalue weighted by Gasteiger charge is -2.22. The number of aromatic amines is 1. The molecule has 1 saturated heterocycles. The summed E-state index contributed by atoms with van der Waals surface area (Å²) in [5.41, 5.74) is 0.105. The fourth-order valence-corrected chi connectivity index (χ4v) is 3.12. The van der Waals surface area contributed by atoms with E-state index in [-0.39, 0.29) is 5.56 Å². The lowest BCUT2D eigenvalue weighted by Crippen LogP contribution is -2.29. The smallest absolute Gasteiger partial charge is 0.329 e. The molecule has 124 valence electrons. The van der Waals surface area contributed by atoms with Crippen molar-refractivity contribution in [2.45, 2.75) is 39.2 Å². The lowest BCUT2D eigenvalue weighted by molar-refractivity contribution is 0.721. The molecule has 0 radical (unpaired) electrons. The molecule has 7 heteroatoms. The number of hydrogen-bond acceptors (Lipinski definition) is 4. The highest BCUT2D eigenvalue weighted by atomic mass is 16.2. The minimum Gasteiger partial charge on any atom is -0.342 e. The highest BCUT2D eigenvalue weighted by Gasteiger charge is 2.21. The van der Waals surface area contributed by atoms with Crippen molar-refractivity contribution in [2.24, 2.45) is 7.05 Å². The van der Waals surface area contributed by atoms with Crippen molar-refractivity contribution in [1.29, 1.82) is 0 Å². The van der Waals surface area contributed by atoms with Gasteiger partial charge in [-0.2, -0.15) is 4.98 Å². The summed E-state index contributed by atoms with van der Waals surface area (Å²) >= 11 is 0. The zero-order chi connectivity index (χ0) is 16.4. The maximum atomic E-state index is 12.3. The van der Waals surface area contributed by atoms with Crippen molar-refractivity contribution >= 4 is 17.1 Å². The van der Waals surface area contributed by atoms with Crippen LogP contribution in [-0.2, 0) is 13.6 Å². The minimum absolute atomic E-state index is 0.374. The number of H-pyrrole nitrogens is 1. The van der Waals surface area contributed by atoms with Crippen LogP contribution in [0.1, 0.15) is 32.6 Å². The fraction of sp³-hybridized carbons (Fsp3) is 0.562. The molecule has 1 aliphatic rings. The van der Waals surface area contributed by atoms with Crippen LogP contribution in [0.25, 0.3) is 11.2 Å². The van der Waals surface area contributed by atoms with Gasteiger partial charge in [0.25, 0.3) is 5.56 Å². The summed E-state index contributed by atoms with van der Waals surface area (Å²) < 4.78 is 3.32. The Kier molecular flexibility index (Phi) is 4.36. The van der Waals surface area contributed by atoms with Crippen molar-refractivity contribution < 1.29 is 0 Å². The van der Waals surface area contributed by atoms with Gasteiger partial charge in [-0.25, -0.2) is 4.79 Å². The summed E-state index contributed by atoms with van der Waals surface area (Å²) in [7, 11) is 1.64. The Bertz CT molecular complexity index is 834. The molecule has 1 fully saturated rings. The largest absolute Gasteiger partial charge is 0.342 e. The van der Waals surface area contributed by atoms with Crippen LogP contribution in [0.4, 0.5) is 5.95 Å². The van der Waals surface area contributed by atoms with Gasteiger partial charge in [0.2, 0.25) is 5.95 Å². The van der Waals surface area contributed by atoms with Gasteiger partial charge < -0.3 is 9.47 Å². The molecule has 0 aromatic carbocycles. The van der Waals surface area contributed by atoms with Crippen LogP contribution < -0.4 is 16.1 Å². The van der Waals surface area contributed by atoms with Crippen molar-refractivity contribution in [3.05, 3.63) is 33.0 Å². The van der Waals surface area contributed by atoms with Gasteiger partial charge in [-0.1, -0.05) is 25.0 Å². The quantitative estimate of drug-likeness (QED) is 0.868. The summed E-state index contributed by atoms with van der Waals surface area (Å²) in [5, 5.41) is 0. The van der Waals surface area contributed by atoms with Crippen LogP contribution >= 0.6 is 0 Å². The molecule has 2 aromatic heterocycles. The molecule has 1 aliphatic heterocycles. The Hall–Kier alpha value is -2.31. The Balaban J connectivity index is 2.23. The monoisotopic (exact) mass is 317 g/mol. The number of imidazole rings is 1. The van der Waals surface area contributed by atoms with Gasteiger partial charge in [-0.3, -0.25) is 14.3 Å². The van der Waals surface area contributed by atoms with E-state index in [0.717, 1.165) is 31.9 Å². The number of nitrogens with one attached hydrogen (secondary N) is 1. The number of aromatic nitrogens is 4. The van der Waals surface area contributed by atoms with E-state index in [4.69, 9.17) is 0 Å². The molecule has 0 atom stereocenters. The van der Waals surface area contributed by atoms with Crippen LogP contribution in [0.15, 0.2) is 21.7 Å². The second-order valence-electron chi connectivity index (χ2n) is 5.98. The number of nitrogens with zero attached hydrogens (tertiary/aromatic N) is 4. The number of hydrogen-bond donors (Lipinski definition) is 1. The Morgan fingerprint density at radius 1 is 1.17 bits per heavy atom. The predicted octanol–water partition coefficient (Wildman–Crippen LogP) is 1.38. The summed E-state index contributed by atoms with van der Waals surface area (Å²) in [4.78, 5) is 33.4. The van der Waals surface area contributed by atoms with E-state index in [1.165, 1.54) is 17.4 Å². The van der Waals surface area contributed by atoms with Crippen molar-refractivity contribution in [1.82, 2.24) is 19.1 Å². The Morgan fingerprint density at radius 2 is 1.87 bits per heavy atom. The van der Waals surface area contributed by atoms with E-state index >= 15 is 0 Å². The molecular formula is C16H23N5O2. The number of rotatable bonds is 3. The third-order valence-electron chi connectivity index (χ3n) is 4.40. The minimum atomic E-state index is -0.430. The molecule has 0 bridgehead atoms. The summed E-state index contributed by atoms with van der Waals surface area (Å²) in [6, 6.07) is 0. The summed E-state index contributed by atoms with van der Waals surface area (Å²) in [6.45, 7) is 4.39. The van der Waals surface area contributed by atoms with Crippen LogP contribution in [0, 0.1) is 0 Å². The Labute approximate surface area is 134 Å². The van der Waals surface area contributed by atoms with Crippen LogP contribution in [0.2, 0.25) is 0 Å². The van der Waals surface area contributed by atoms with E-state index < -0.39 is 5.69 Å². The van der Waals surface area contributed by atoms with E-state index in [9.17, 15) is 9.59 Å². The summed E-state index contributed by atoms with van der Waals surface area (Å²) in [6.07, 6.45) is 8.65. The number of fused-ring (bicyclic) bond motifs is 1. The third-order valence-corrected chi connectivity index (χ3v) is 4.40. The van der Waals surface area contributed by atoms with Gasteiger partial charge in [0.05, 0.1) is 0 Å². The van der Waals surface area contributed by atoms with Crippen LogP contribution in [-0.4, -0.2) is 32.2 Å². The molecule has 0 amide bonds. The van der Waals surface area contributed by atoms with Gasteiger partial charge in [0.1, 0.15) is 0 Å². The zero-order valence-corrected chi connectivity index (χ0v) is 13.7. The molecule has 3 rings (SSSR count). The number of aryl methyl sites for hydroxylation is 1. The van der Waals surface area contributed by atoms with Gasteiger partial charge in [0.15, 0.2) is 11.2 Å². The first-order chi connectivity index (χ1) is 11.1. The van der Waals surface area contributed by atoms with Crippen LogP contribution in [0.3, 0.4) is 0 Å². The molecule has 0 spiro atoms. The Morgan fingerprint density at radius 3 is 2.52 bits per heavy atom. The average Bonchev–Trinajstić information content (AvgIpc) is 2.71. The number of allylic oxidation sites excluding steroid dienone is 2. The highest BCUT2D eigenvalue weighted by molar-refractivity contribution is 5.74. The maximum Gasteiger partial charge on any atom is 0.329 e. The van der Waals surface area contributed by atoms with Crippen molar-refractivity contribution in [3.8, 4) is 0 Å². The fourth-order valence-electron chi connectivity index (χ4n) is 3.12. The lowest BCUT2D eigenvalue weighted by atomic mass is 10.2. The molecular weight excluding hydrogens is 294 g/mol. The van der Waals surface area contributed by atoms with Crippen LogP contribution in [0.5, 0.6) is 0 Å². The molecule has 1 N–H and O–H groups in total. The van der Waals surface area contributed by atoms with Gasteiger partial charge >= 0.3 is 5.69 Å². The third kappa shape index (κ3) is 2.83. The highest BCUT2D eigenvalue weighted by Crippen LogP contribution is 2.22. The molecule has 7 nitrogen and oxygen atoms in total. The summed E-state index contributed by atoms with van der Waals surface area (Å²) in [5.74, 6) is 0.784. The normalized spacial score (nSPS) is 16.3. The second-order valence-corrected chi connectivity index (χ2v) is 5.98. The van der Waals surface area contributed by atoms with E-state index in [2.05, 4.69) is 14.9 Å². The molecule has 0 aliphatic carbocycles. The molecule has 23 heavy (non-hydrogen) atoms. The first-order valence-corrected chi connectivity index (χ1v) is 8.19. The van der Waals surface area contributed by atoms with E-state index in [1.54, 1.807) is 7.05 Å². The SMILES string of the molecule is C/C=C/Cn1c(N2CCCCCC2)nc2c1c(=O)[nH]c(=O)n2C. The topological polar surface area (TPSA) is 75.9 Å². The molecule has 0 unspecified atom stereocenters. The first-order valence-electron chi connectivity index (χ1n) is 8.19. The molecule has 3 heterocycles. The number of anilines is 1. The van der Waals surface area contributed by atoms with E-state index in [0.29, 0.717) is 17.7 Å². The van der Waals surface area contributed by atoms with Gasteiger partial charge in [-0.05, 0) is 19.8 Å². The molecule has 2 aromatic rings. The van der Waals surface area contributed by atoms with Crippen molar-refractivity contribution in [2.75, 3.05) is 18.0 Å². The van der Waals surface area contributed by atoms with Gasteiger partial charge in [-0.15, -0.1) is 0 Å². The standard InChI is InChI=1S/C16H23N5O2/c1-3-4-11-21-12-13(19(2)16(23)18-14(12)22)17-15(21)20-9-7-5-6-8-10-20/h3-4H,5-11H2,1-2H3,(H,18,22,23)/b4-3+. The first kappa shape index (κ1) is 15.6. The maximum absolute atomic E-state index is 12.3. The predicted molar refractivity (Wildman–Crippen MR) is 91.1 cm³/mol. The average molecular weight is 317 g/mol. The zero-order valence-electron chi connectivity index (χ0n) is 13.7. The van der Waals surface area contributed by atoms with Gasteiger partial charge in [0, 0.05) is 26.7 Å². The van der Waals surface area contributed by atoms with Crippen molar-refractivity contribution in [3.63, 3.8) is 0 Å². The molecule has 0 saturated carbocycles. The van der Waals surface area contributed by atoms with E-state index in [1.807, 2.05) is 23.6 Å². The second kappa shape index (κ2) is 6.44.